The van der Waals surface area contributed by atoms with Crippen LogP contribution in [0.4, 0.5) is 11.4 Å². The van der Waals surface area contributed by atoms with Gasteiger partial charge < -0.3 is 9.47 Å². The molecule has 0 unspecified atom stereocenters. The molecule has 14 heteroatoms. The highest BCUT2D eigenvalue weighted by Gasteiger charge is 2.19. The molecule has 0 atom stereocenters. The maximum Gasteiger partial charge on any atom is 0.311 e. The first-order chi connectivity index (χ1) is 15.4. The van der Waals surface area contributed by atoms with Crippen LogP contribution in [-0.2, 0) is 19.7 Å². The Morgan fingerprint density at radius 2 is 1.12 bits per heavy atom. The number of rotatable bonds is 10. The summed E-state index contributed by atoms with van der Waals surface area (Å²) in [7, 11) is -6.06. The minimum absolute atomic E-state index is 0.0218. The minimum atomic E-state index is -4.27. The van der Waals surface area contributed by atoms with Gasteiger partial charge in [-0.1, -0.05) is 12.1 Å². The molecule has 0 aliphatic heterocycles. The molecular weight excluding hydrogens is 480 g/mol. The predicted molar refractivity (Wildman–Crippen MR) is 120 cm³/mol. The van der Waals surface area contributed by atoms with Crippen LogP contribution in [-0.4, -0.2) is 46.0 Å². The Kier molecular flexibility index (Phi) is 7.90. The van der Waals surface area contributed by atoms with E-state index in [9.17, 15) is 37.1 Å². The molecule has 0 saturated heterocycles. The summed E-state index contributed by atoms with van der Waals surface area (Å²) < 4.78 is 58.7. The Balaban J connectivity index is 2.22. The summed E-state index contributed by atoms with van der Waals surface area (Å²) >= 11 is 0. The van der Waals surface area contributed by atoms with Gasteiger partial charge >= 0.3 is 11.4 Å². The quantitative estimate of drug-likeness (QED) is 0.350. The molecule has 0 fully saturated rings. The van der Waals surface area contributed by atoms with Gasteiger partial charge in [0, 0.05) is 22.9 Å². The number of sulfone groups is 2. The molecule has 176 valence electrons. The average Bonchev–Trinajstić information content (AvgIpc) is 2.75. The Morgan fingerprint density at radius 3 is 1.42 bits per heavy atom. The molecule has 0 radical (unpaired) electrons. The van der Waals surface area contributed by atoms with Crippen LogP contribution in [0.1, 0.15) is 11.1 Å². The van der Waals surface area contributed by atoms with E-state index in [4.69, 9.17) is 9.47 Å². The number of ether oxygens (including phenoxy) is 2. The van der Waals surface area contributed by atoms with Gasteiger partial charge in [-0.05, 0) is 35.4 Å². The number of nitro groups is 2. The molecule has 33 heavy (non-hydrogen) atoms. The van der Waals surface area contributed by atoms with Crippen LogP contribution in [0.15, 0.2) is 47.2 Å². The number of hydrogen-bond donors (Lipinski definition) is 0. The first-order valence-electron chi connectivity index (χ1n) is 8.84. The normalized spacial score (nSPS) is 12.2. The summed E-state index contributed by atoms with van der Waals surface area (Å²) in [5.41, 5.74) is -0.489. The summed E-state index contributed by atoms with van der Waals surface area (Å²) in [5.74, 6) is -0.0435. The van der Waals surface area contributed by atoms with Gasteiger partial charge in [0.1, 0.15) is 0 Å². The van der Waals surface area contributed by atoms with Crippen molar-refractivity contribution in [3.63, 3.8) is 0 Å². The van der Waals surface area contributed by atoms with Crippen molar-refractivity contribution in [3.8, 4) is 11.5 Å². The smallest absolute Gasteiger partial charge is 0.311 e. The maximum absolute atomic E-state index is 12.2. The lowest BCUT2D eigenvalue weighted by Crippen LogP contribution is -2.11. The molecule has 12 nitrogen and oxygen atoms in total. The van der Waals surface area contributed by atoms with Crippen molar-refractivity contribution >= 4 is 43.2 Å². The van der Waals surface area contributed by atoms with Crippen molar-refractivity contribution < 1.29 is 36.2 Å². The fraction of sp³-hybridized carbons (Fsp3) is 0.158. The second-order valence-corrected chi connectivity index (χ2v) is 10.6. The third-order valence-electron chi connectivity index (χ3n) is 4.06. The number of methoxy groups -OCH3 is 2. The largest absolute Gasteiger partial charge is 0.490 e. The van der Waals surface area contributed by atoms with E-state index in [0.717, 1.165) is 24.3 Å². The molecule has 0 heterocycles. The van der Waals surface area contributed by atoms with E-state index in [1.165, 1.54) is 38.5 Å². The molecule has 0 amide bonds. The van der Waals surface area contributed by atoms with E-state index >= 15 is 0 Å². The van der Waals surface area contributed by atoms with Gasteiger partial charge in [-0.2, -0.15) is 0 Å². The van der Waals surface area contributed by atoms with E-state index in [0.29, 0.717) is 10.8 Å². The fourth-order valence-corrected chi connectivity index (χ4v) is 5.77. The second-order valence-electron chi connectivity index (χ2n) is 6.43. The molecule has 0 saturated carbocycles. The molecule has 0 N–H and O–H groups in total. The topological polar surface area (TPSA) is 173 Å². The van der Waals surface area contributed by atoms with E-state index in [1.54, 1.807) is 0 Å². The lowest BCUT2D eigenvalue weighted by atomic mass is 10.2. The van der Waals surface area contributed by atoms with Crippen LogP contribution in [0.2, 0.25) is 0 Å². The molecule has 2 rings (SSSR count). The molecule has 2 aromatic carbocycles. The SMILES string of the molecule is COc1ccc(/C=C\S(=O)(=O)CS(=O)(=O)/C=C/c2ccc(OC)c([N+](=O)[O-])c2)cc1[N+](=O)[O-]. The summed E-state index contributed by atoms with van der Waals surface area (Å²) in [6, 6.07) is 7.44. The summed E-state index contributed by atoms with van der Waals surface area (Å²) in [6.07, 6.45) is 2.04. The maximum atomic E-state index is 12.2. The molecular formula is C19H18N2O10S2. The highest BCUT2D eigenvalue weighted by atomic mass is 32.3. The Bertz CT molecular complexity index is 1240. The summed E-state index contributed by atoms with van der Waals surface area (Å²) in [5, 5.41) is 22.1. The third-order valence-corrected chi connectivity index (χ3v) is 7.79. The van der Waals surface area contributed by atoms with E-state index < -0.39 is 34.6 Å². The van der Waals surface area contributed by atoms with Crippen LogP contribution in [0.25, 0.3) is 12.2 Å². The zero-order valence-corrected chi connectivity index (χ0v) is 18.9. The van der Waals surface area contributed by atoms with Crippen molar-refractivity contribution in [3.05, 3.63) is 78.6 Å². The molecule has 0 aromatic heterocycles. The highest BCUT2D eigenvalue weighted by Crippen LogP contribution is 2.29. The van der Waals surface area contributed by atoms with Crippen LogP contribution >= 0.6 is 0 Å². The van der Waals surface area contributed by atoms with Crippen molar-refractivity contribution in [1.29, 1.82) is 0 Å². The number of nitro benzene ring substituents is 2. The standard InChI is InChI=1S/C19H18N2O10S2/c1-30-18-5-3-14(11-16(18)20(22)23)7-9-32(26,27)13-33(28,29)10-8-15-4-6-19(31-2)17(12-15)21(24)25/h3-12H,13H2,1-2H3/b9-7-,10-8+. The van der Waals surface area contributed by atoms with Gasteiger partial charge in [-0.25, -0.2) is 16.8 Å². The number of nitrogens with zero attached hydrogens (tertiary/aromatic N) is 2. The number of benzene rings is 2. The minimum Gasteiger partial charge on any atom is -0.490 e. The monoisotopic (exact) mass is 498 g/mol. The number of hydrogen-bond acceptors (Lipinski definition) is 10. The Morgan fingerprint density at radius 1 is 0.758 bits per heavy atom. The highest BCUT2D eigenvalue weighted by molar-refractivity contribution is 8.10. The van der Waals surface area contributed by atoms with Crippen LogP contribution < -0.4 is 9.47 Å². The lowest BCUT2D eigenvalue weighted by molar-refractivity contribution is -0.385. The summed E-state index contributed by atoms with van der Waals surface area (Å²) in [4.78, 5) is 20.7. The molecule has 0 aliphatic carbocycles. The van der Waals surface area contributed by atoms with Crippen molar-refractivity contribution in [2.45, 2.75) is 0 Å². The van der Waals surface area contributed by atoms with E-state index in [2.05, 4.69) is 0 Å². The lowest BCUT2D eigenvalue weighted by Gasteiger charge is -2.03. The predicted octanol–water partition coefficient (Wildman–Crippen LogP) is 2.95. The molecule has 0 aliphatic rings. The van der Waals surface area contributed by atoms with Crippen molar-refractivity contribution in [2.24, 2.45) is 0 Å². The first kappa shape index (κ1) is 25.5. The Hall–Kier alpha value is -3.78. The van der Waals surface area contributed by atoms with Gasteiger partial charge in [-0.15, -0.1) is 0 Å². The zero-order valence-electron chi connectivity index (χ0n) is 17.3. The van der Waals surface area contributed by atoms with Gasteiger partial charge in [-0.3, -0.25) is 20.2 Å². The fourth-order valence-electron chi connectivity index (χ4n) is 2.58. The van der Waals surface area contributed by atoms with Crippen LogP contribution in [0.3, 0.4) is 0 Å². The molecule has 0 bridgehead atoms. The average molecular weight is 498 g/mol. The van der Waals surface area contributed by atoms with Gasteiger partial charge in [0.05, 0.1) is 24.1 Å². The van der Waals surface area contributed by atoms with Gasteiger partial charge in [0.2, 0.25) is 0 Å². The molecule has 0 spiro atoms. The first-order valence-corrected chi connectivity index (χ1v) is 12.3. The van der Waals surface area contributed by atoms with Gasteiger partial charge in [0.15, 0.2) is 36.3 Å². The Labute approximate surface area is 188 Å². The summed E-state index contributed by atoms with van der Waals surface area (Å²) in [6.45, 7) is 0. The van der Waals surface area contributed by atoms with E-state index in [1.807, 2.05) is 0 Å². The molecule has 2 aromatic rings. The van der Waals surface area contributed by atoms with Crippen LogP contribution in [0, 0.1) is 20.2 Å². The zero-order chi connectivity index (χ0) is 24.8. The van der Waals surface area contributed by atoms with Crippen molar-refractivity contribution in [1.82, 2.24) is 0 Å². The second kappa shape index (κ2) is 10.2. The third kappa shape index (κ3) is 7.11. The van der Waals surface area contributed by atoms with E-state index in [-0.39, 0.29) is 34.0 Å². The van der Waals surface area contributed by atoms with Crippen LogP contribution in [0.5, 0.6) is 11.5 Å². The van der Waals surface area contributed by atoms with Crippen molar-refractivity contribution in [2.75, 3.05) is 19.3 Å². The van der Waals surface area contributed by atoms with Gasteiger partial charge in [0.25, 0.3) is 0 Å².